The standard InChI is InChI=1S/C22H29F3N4O7Si/c1-21(2,3)36-20(31)29-14-37(28-18(30)33-13-15-7-5-4-6-8-15)12-9-16(29)17-26-27-19(35-17)32-10-11-34-22(23,24)25/h4-8,16,37H,9-14H2,1-3H3,(H,28,30)/t16-,37+/m1/s1. The molecule has 11 nitrogen and oxygen atoms in total. The van der Waals surface area contributed by atoms with E-state index in [9.17, 15) is 22.8 Å². The third-order valence-corrected chi connectivity index (χ3v) is 7.53. The molecule has 0 radical (unpaired) electrons. The largest absolute Gasteiger partial charge is 0.522 e. The van der Waals surface area contributed by atoms with Crippen LogP contribution in [-0.4, -0.2) is 67.6 Å². The molecule has 204 valence electrons. The molecule has 1 saturated heterocycles. The van der Waals surface area contributed by atoms with Crippen LogP contribution in [0.1, 0.15) is 44.7 Å². The predicted octanol–water partition coefficient (Wildman–Crippen LogP) is 3.86. The van der Waals surface area contributed by atoms with Gasteiger partial charge in [0.25, 0.3) is 0 Å². The van der Waals surface area contributed by atoms with Crippen LogP contribution in [0.25, 0.3) is 0 Å². The average molecular weight is 547 g/mol. The Morgan fingerprint density at radius 3 is 2.57 bits per heavy atom. The van der Waals surface area contributed by atoms with Gasteiger partial charge in [-0.1, -0.05) is 35.4 Å². The highest BCUT2D eigenvalue weighted by atomic mass is 28.3. The van der Waals surface area contributed by atoms with Gasteiger partial charge in [-0.2, -0.15) is 0 Å². The van der Waals surface area contributed by atoms with Crippen LogP contribution in [0.15, 0.2) is 34.7 Å². The van der Waals surface area contributed by atoms with Gasteiger partial charge < -0.3 is 23.6 Å². The summed E-state index contributed by atoms with van der Waals surface area (Å²) < 4.78 is 61.2. The first-order valence-electron chi connectivity index (χ1n) is 11.5. The maximum atomic E-state index is 13.0. The van der Waals surface area contributed by atoms with E-state index in [4.69, 9.17) is 18.6 Å². The molecule has 3 rings (SSSR count). The molecule has 1 aromatic heterocycles. The number of carbonyl (C=O) groups excluding carboxylic acids is 2. The van der Waals surface area contributed by atoms with Gasteiger partial charge in [0.2, 0.25) is 5.89 Å². The molecule has 2 heterocycles. The summed E-state index contributed by atoms with van der Waals surface area (Å²) in [5.41, 5.74) is 0.0672. The Hall–Kier alpha value is -3.33. The number of nitrogens with one attached hydrogen (secondary N) is 1. The summed E-state index contributed by atoms with van der Waals surface area (Å²) in [6, 6.07) is 9.14. The molecule has 0 saturated carbocycles. The van der Waals surface area contributed by atoms with E-state index < -0.39 is 52.4 Å². The number of benzene rings is 1. The molecule has 0 aliphatic carbocycles. The SMILES string of the molecule is CC(C)(C)OC(=O)N1C[Si@@H](NC(=O)OCc2ccccc2)CC[C@@H]1c1nnc(OCCOC(F)(F)F)o1. The summed E-state index contributed by atoms with van der Waals surface area (Å²) in [6.07, 6.45) is -5.74. The van der Waals surface area contributed by atoms with Crippen molar-refractivity contribution in [3.8, 4) is 6.08 Å². The fourth-order valence-corrected chi connectivity index (χ4v) is 5.93. The second-order valence-electron chi connectivity index (χ2n) is 9.18. The Morgan fingerprint density at radius 2 is 1.89 bits per heavy atom. The lowest BCUT2D eigenvalue weighted by Gasteiger charge is -2.37. The molecule has 15 heteroatoms. The molecule has 0 bridgehead atoms. The second-order valence-corrected chi connectivity index (χ2v) is 11.8. The maximum Gasteiger partial charge on any atom is 0.522 e. The van der Waals surface area contributed by atoms with Crippen molar-refractivity contribution in [2.75, 3.05) is 19.4 Å². The molecule has 1 aromatic carbocycles. The number of hydrogen-bond donors (Lipinski definition) is 1. The number of hydrogen-bond acceptors (Lipinski definition) is 9. The molecule has 2 aromatic rings. The summed E-state index contributed by atoms with van der Waals surface area (Å²) in [7, 11) is -2.03. The normalized spacial score (nSPS) is 18.3. The van der Waals surface area contributed by atoms with Gasteiger partial charge >= 0.3 is 24.6 Å². The van der Waals surface area contributed by atoms with Crippen LogP contribution in [0, 0.1) is 0 Å². The molecule has 1 fully saturated rings. The number of aromatic nitrogens is 2. The quantitative estimate of drug-likeness (QED) is 0.388. The third kappa shape index (κ3) is 9.57. The summed E-state index contributed by atoms with van der Waals surface area (Å²) in [5, 5.41) is 7.58. The van der Waals surface area contributed by atoms with Crippen molar-refractivity contribution >= 4 is 21.1 Å². The minimum absolute atomic E-state index is 0.0386. The van der Waals surface area contributed by atoms with Gasteiger partial charge in [0.05, 0.1) is 6.61 Å². The number of carbonyl (C=O) groups is 2. The first-order chi connectivity index (χ1) is 17.4. The number of rotatable bonds is 8. The lowest BCUT2D eigenvalue weighted by molar-refractivity contribution is -0.325. The molecule has 37 heavy (non-hydrogen) atoms. The molecule has 2 atom stereocenters. The van der Waals surface area contributed by atoms with Crippen LogP contribution in [0.2, 0.25) is 6.04 Å². The number of alkyl halides is 3. The van der Waals surface area contributed by atoms with Gasteiger partial charge in [0.15, 0.2) is 8.96 Å². The van der Waals surface area contributed by atoms with E-state index in [0.29, 0.717) is 12.5 Å². The van der Waals surface area contributed by atoms with Gasteiger partial charge in [-0.3, -0.25) is 9.64 Å². The van der Waals surface area contributed by atoms with Crippen LogP contribution in [-0.2, 0) is 20.8 Å². The molecule has 1 N–H and O–H groups in total. The Labute approximate surface area is 212 Å². The van der Waals surface area contributed by atoms with E-state index >= 15 is 0 Å². The van der Waals surface area contributed by atoms with Crippen molar-refractivity contribution in [3.05, 3.63) is 41.8 Å². The maximum absolute atomic E-state index is 13.0. The van der Waals surface area contributed by atoms with Crippen molar-refractivity contribution < 1.29 is 46.1 Å². The van der Waals surface area contributed by atoms with E-state index in [1.165, 1.54) is 4.90 Å². The Morgan fingerprint density at radius 1 is 1.16 bits per heavy atom. The first kappa shape index (κ1) is 28.2. The zero-order valence-electron chi connectivity index (χ0n) is 20.6. The summed E-state index contributed by atoms with van der Waals surface area (Å²) in [4.78, 5) is 29.7. The molecule has 0 spiro atoms. The zero-order valence-corrected chi connectivity index (χ0v) is 21.8. The van der Waals surface area contributed by atoms with Crippen molar-refractivity contribution in [2.45, 2.75) is 57.8 Å². The topological polar surface area (TPSA) is 125 Å². The number of amides is 2. The highest BCUT2D eigenvalue weighted by molar-refractivity contribution is 6.59. The average Bonchev–Trinajstić information content (AvgIpc) is 3.28. The molecule has 2 amide bonds. The fourth-order valence-electron chi connectivity index (χ4n) is 3.50. The van der Waals surface area contributed by atoms with E-state index in [0.717, 1.165) is 5.56 Å². The third-order valence-electron chi connectivity index (χ3n) is 5.03. The minimum Gasteiger partial charge on any atom is -0.447 e. The van der Waals surface area contributed by atoms with Crippen LogP contribution >= 0.6 is 0 Å². The molecule has 1 aliphatic rings. The van der Waals surface area contributed by atoms with Crippen molar-refractivity contribution in [3.63, 3.8) is 0 Å². The van der Waals surface area contributed by atoms with Gasteiger partial charge in [-0.15, -0.1) is 18.3 Å². The second kappa shape index (κ2) is 12.3. The fraction of sp³-hybridized carbons (Fsp3) is 0.545. The molecule has 1 aliphatic heterocycles. The summed E-state index contributed by atoms with van der Waals surface area (Å²) >= 11 is 0. The van der Waals surface area contributed by atoms with Gasteiger partial charge in [-0.05, 0) is 38.8 Å². The lowest BCUT2D eigenvalue weighted by Crippen LogP contribution is -2.54. The highest BCUT2D eigenvalue weighted by Gasteiger charge is 2.39. The van der Waals surface area contributed by atoms with Crippen LogP contribution in [0.4, 0.5) is 22.8 Å². The monoisotopic (exact) mass is 546 g/mol. The highest BCUT2D eigenvalue weighted by Crippen LogP contribution is 2.32. The van der Waals surface area contributed by atoms with Crippen LogP contribution < -0.4 is 9.72 Å². The van der Waals surface area contributed by atoms with Gasteiger partial charge in [0.1, 0.15) is 24.9 Å². The molecular weight excluding hydrogens is 517 g/mol. The van der Waals surface area contributed by atoms with E-state index in [2.05, 4.69) is 19.9 Å². The van der Waals surface area contributed by atoms with Crippen LogP contribution in [0.3, 0.4) is 0 Å². The Kier molecular flexibility index (Phi) is 9.37. The van der Waals surface area contributed by atoms with Crippen molar-refractivity contribution in [1.29, 1.82) is 0 Å². The zero-order chi connectivity index (χ0) is 27.1. The minimum atomic E-state index is -4.78. The number of nitrogens with zero attached hydrogens (tertiary/aromatic N) is 3. The summed E-state index contributed by atoms with van der Waals surface area (Å²) in [6.45, 7) is 4.06. The van der Waals surface area contributed by atoms with E-state index in [1.54, 1.807) is 20.8 Å². The Balaban J connectivity index is 1.61. The Bertz CT molecular complexity index is 1030. The smallest absolute Gasteiger partial charge is 0.447 e. The van der Waals surface area contributed by atoms with Crippen LogP contribution in [0.5, 0.6) is 6.08 Å². The van der Waals surface area contributed by atoms with Gasteiger partial charge in [-0.25, -0.2) is 9.59 Å². The van der Waals surface area contributed by atoms with Gasteiger partial charge in [0, 0.05) is 6.17 Å². The van der Waals surface area contributed by atoms with Crippen molar-refractivity contribution in [1.82, 2.24) is 20.1 Å². The number of halogens is 3. The van der Waals surface area contributed by atoms with E-state index in [1.807, 2.05) is 30.3 Å². The molecular formula is C22H29F3N4O7Si. The van der Waals surface area contributed by atoms with Crippen molar-refractivity contribution in [2.24, 2.45) is 0 Å². The summed E-state index contributed by atoms with van der Waals surface area (Å²) in [5.74, 6) is 0.0386. The van der Waals surface area contributed by atoms with E-state index in [-0.39, 0.29) is 24.7 Å². The predicted molar refractivity (Wildman–Crippen MR) is 124 cm³/mol. The number of ether oxygens (including phenoxy) is 4. The molecule has 0 unspecified atom stereocenters. The first-order valence-corrected chi connectivity index (χ1v) is 13.7. The lowest BCUT2D eigenvalue weighted by atomic mass is 10.2.